The molecule has 5 heteroatoms. The number of benzene rings is 1. The van der Waals surface area contributed by atoms with Crippen LogP contribution >= 0.6 is 0 Å². The van der Waals surface area contributed by atoms with Gasteiger partial charge in [-0.05, 0) is 32.0 Å². The van der Waals surface area contributed by atoms with Crippen LogP contribution in [-0.4, -0.2) is 17.2 Å². The molecule has 0 spiro atoms. The van der Waals surface area contributed by atoms with Crippen LogP contribution in [0.15, 0.2) is 40.5 Å². The van der Waals surface area contributed by atoms with Crippen LogP contribution in [0.1, 0.15) is 12.6 Å². The zero-order valence-electron chi connectivity index (χ0n) is 11.3. The second-order valence-corrected chi connectivity index (χ2v) is 4.82. The van der Waals surface area contributed by atoms with Crippen LogP contribution in [0.2, 0.25) is 0 Å². The number of rotatable bonds is 1. The van der Waals surface area contributed by atoms with Gasteiger partial charge in [0.15, 0.2) is 11.6 Å². The van der Waals surface area contributed by atoms with E-state index in [1.165, 1.54) is 6.34 Å². The predicted octanol–water partition coefficient (Wildman–Crippen LogP) is 3.58. The maximum Gasteiger partial charge on any atom is 0.205 e. The smallest absolute Gasteiger partial charge is 0.205 e. The van der Waals surface area contributed by atoms with Crippen LogP contribution in [0.3, 0.4) is 0 Å². The summed E-state index contributed by atoms with van der Waals surface area (Å²) in [7, 11) is 0. The Morgan fingerprint density at radius 3 is 3.00 bits per heavy atom. The van der Waals surface area contributed by atoms with Crippen LogP contribution in [0.4, 0.5) is 4.39 Å². The lowest BCUT2D eigenvalue weighted by Crippen LogP contribution is -2.22. The minimum atomic E-state index is -0.394. The highest BCUT2D eigenvalue weighted by atomic mass is 19.1. The average Bonchev–Trinajstić information content (AvgIpc) is 2.80. The molecule has 1 aromatic heterocycles. The molecule has 0 bridgehead atoms. The van der Waals surface area contributed by atoms with Crippen LogP contribution in [0.5, 0.6) is 5.75 Å². The van der Waals surface area contributed by atoms with Crippen molar-refractivity contribution < 1.29 is 9.13 Å². The van der Waals surface area contributed by atoms with Gasteiger partial charge in [-0.25, -0.2) is 14.4 Å². The van der Waals surface area contributed by atoms with E-state index in [-0.39, 0.29) is 11.7 Å². The van der Waals surface area contributed by atoms with Crippen molar-refractivity contribution in [1.82, 2.24) is 4.98 Å². The van der Waals surface area contributed by atoms with Gasteiger partial charge in [-0.2, -0.15) is 0 Å². The lowest BCUT2D eigenvalue weighted by atomic mass is 10.1. The topological polar surface area (TPSA) is 49.7 Å². The van der Waals surface area contributed by atoms with Crippen molar-refractivity contribution >= 4 is 23.1 Å². The summed E-state index contributed by atoms with van der Waals surface area (Å²) in [6.45, 7) is 7.56. The highest BCUT2D eigenvalue weighted by Gasteiger charge is 2.21. The van der Waals surface area contributed by atoms with Gasteiger partial charge < -0.3 is 9.72 Å². The second-order valence-electron chi connectivity index (χ2n) is 4.82. The van der Waals surface area contributed by atoms with E-state index in [4.69, 9.17) is 4.74 Å². The van der Waals surface area contributed by atoms with Crippen molar-refractivity contribution in [3.05, 3.63) is 42.0 Å². The number of fused-ring (bicyclic) bond motifs is 1. The molecule has 0 fully saturated rings. The summed E-state index contributed by atoms with van der Waals surface area (Å²) in [5, 5.41) is 0.511. The molecule has 1 unspecified atom stereocenters. The van der Waals surface area contributed by atoms with Gasteiger partial charge in [-0.3, -0.25) is 0 Å². The molecule has 1 aliphatic heterocycles. The molecular weight excluding hydrogens is 257 g/mol. The Morgan fingerprint density at radius 2 is 2.20 bits per heavy atom. The van der Waals surface area contributed by atoms with Gasteiger partial charge in [0.25, 0.3) is 0 Å². The zero-order chi connectivity index (χ0) is 14.3. The fraction of sp³-hybridized carbons (Fsp3) is 0.200. The molecule has 0 radical (unpaired) electrons. The first-order valence-corrected chi connectivity index (χ1v) is 6.31. The van der Waals surface area contributed by atoms with E-state index in [0.717, 1.165) is 11.2 Å². The first-order valence-electron chi connectivity index (χ1n) is 6.31. The Kier molecular flexibility index (Phi) is 2.89. The van der Waals surface area contributed by atoms with Crippen molar-refractivity contribution in [3.8, 4) is 5.75 Å². The third kappa shape index (κ3) is 2.01. The number of H-pyrrole nitrogens is 1. The number of ether oxygens (including phenoxy) is 1. The standard InChI is InChI=1S/C15H14FN3O/c1-8-6-11-12(19-8)4-5-13(14(11)16)20-15-9(2)10(3)17-7-18-15/h4-7,9,19H,3H2,1-2H3. The van der Waals surface area contributed by atoms with E-state index in [1.807, 2.05) is 13.8 Å². The number of aryl methyl sites for hydroxylation is 1. The molecule has 0 saturated carbocycles. The minimum absolute atomic E-state index is 0.158. The molecule has 0 saturated heterocycles. The maximum atomic E-state index is 14.4. The first-order chi connectivity index (χ1) is 9.56. The number of nitrogens with one attached hydrogen (secondary N) is 1. The lowest BCUT2D eigenvalue weighted by molar-refractivity contribution is 0.471. The Morgan fingerprint density at radius 1 is 1.40 bits per heavy atom. The third-order valence-corrected chi connectivity index (χ3v) is 3.33. The number of hydrogen-bond acceptors (Lipinski definition) is 3. The summed E-state index contributed by atoms with van der Waals surface area (Å²) in [5.41, 5.74) is 2.30. The van der Waals surface area contributed by atoms with E-state index < -0.39 is 5.82 Å². The minimum Gasteiger partial charge on any atom is -0.439 e. The number of aromatic amines is 1. The highest BCUT2D eigenvalue weighted by molar-refractivity contribution is 5.92. The summed E-state index contributed by atoms with van der Waals surface area (Å²) in [4.78, 5) is 11.1. The molecule has 3 rings (SSSR count). The van der Waals surface area contributed by atoms with Crippen LogP contribution in [-0.2, 0) is 0 Å². The van der Waals surface area contributed by atoms with Gasteiger partial charge in [-0.1, -0.05) is 6.58 Å². The van der Waals surface area contributed by atoms with Gasteiger partial charge in [0.1, 0.15) is 6.34 Å². The number of aliphatic imine (C=N–C) groups is 2. The van der Waals surface area contributed by atoms with Gasteiger partial charge >= 0.3 is 0 Å². The number of hydrogen-bond donors (Lipinski definition) is 1. The zero-order valence-corrected chi connectivity index (χ0v) is 11.3. The SMILES string of the molecule is C=C1N=CN=C(Oc2ccc3[nH]c(C)cc3c2F)C1C. The molecule has 2 aromatic rings. The molecule has 1 atom stereocenters. The molecule has 102 valence electrons. The molecule has 1 aromatic carbocycles. The Hall–Kier alpha value is -2.43. The van der Waals surface area contributed by atoms with Gasteiger partial charge in [0.05, 0.1) is 5.92 Å². The van der Waals surface area contributed by atoms with E-state index in [1.54, 1.807) is 18.2 Å². The van der Waals surface area contributed by atoms with Crippen LogP contribution in [0, 0.1) is 18.7 Å². The monoisotopic (exact) mass is 271 g/mol. The molecule has 4 nitrogen and oxygen atoms in total. The lowest BCUT2D eigenvalue weighted by Gasteiger charge is -2.17. The Balaban J connectivity index is 1.99. The summed E-state index contributed by atoms with van der Waals surface area (Å²) < 4.78 is 20.0. The highest BCUT2D eigenvalue weighted by Crippen LogP contribution is 2.28. The molecule has 20 heavy (non-hydrogen) atoms. The van der Waals surface area contributed by atoms with Gasteiger partial charge in [-0.15, -0.1) is 0 Å². The van der Waals surface area contributed by atoms with Crippen molar-refractivity contribution in [2.45, 2.75) is 13.8 Å². The molecule has 1 aliphatic rings. The second kappa shape index (κ2) is 4.59. The van der Waals surface area contributed by atoms with Crippen molar-refractivity contribution in [3.63, 3.8) is 0 Å². The average molecular weight is 271 g/mol. The van der Waals surface area contributed by atoms with E-state index in [9.17, 15) is 4.39 Å². The summed E-state index contributed by atoms with van der Waals surface area (Å²) in [6.07, 6.45) is 1.37. The van der Waals surface area contributed by atoms with Gasteiger partial charge in [0, 0.05) is 22.3 Å². The normalized spacial score (nSPS) is 18.4. The predicted molar refractivity (Wildman–Crippen MR) is 77.9 cm³/mol. The van der Waals surface area contributed by atoms with Crippen molar-refractivity contribution in [1.29, 1.82) is 0 Å². The Labute approximate surface area is 115 Å². The number of aromatic nitrogens is 1. The van der Waals surface area contributed by atoms with Crippen LogP contribution in [0.25, 0.3) is 10.9 Å². The van der Waals surface area contributed by atoms with E-state index >= 15 is 0 Å². The fourth-order valence-electron chi connectivity index (χ4n) is 2.12. The fourth-order valence-corrected chi connectivity index (χ4v) is 2.12. The van der Waals surface area contributed by atoms with E-state index in [0.29, 0.717) is 17.0 Å². The molecule has 0 aliphatic carbocycles. The summed E-state index contributed by atoms with van der Waals surface area (Å²) in [5.74, 6) is -0.00126. The largest absolute Gasteiger partial charge is 0.439 e. The third-order valence-electron chi connectivity index (χ3n) is 3.33. The molecule has 0 amide bonds. The summed E-state index contributed by atoms with van der Waals surface area (Å²) in [6, 6.07) is 5.14. The first kappa shape index (κ1) is 12.6. The maximum absolute atomic E-state index is 14.4. The molecular formula is C15H14FN3O. The Bertz CT molecular complexity index is 758. The van der Waals surface area contributed by atoms with E-state index in [2.05, 4.69) is 21.5 Å². The number of halogens is 1. The van der Waals surface area contributed by atoms with Crippen molar-refractivity contribution in [2.75, 3.05) is 0 Å². The van der Waals surface area contributed by atoms with Crippen LogP contribution < -0.4 is 4.74 Å². The summed E-state index contributed by atoms with van der Waals surface area (Å²) >= 11 is 0. The van der Waals surface area contributed by atoms with Gasteiger partial charge in [0.2, 0.25) is 5.90 Å². The quantitative estimate of drug-likeness (QED) is 0.846. The number of nitrogens with zero attached hydrogens (tertiary/aromatic N) is 2. The van der Waals surface area contributed by atoms with Crippen molar-refractivity contribution in [2.24, 2.45) is 15.9 Å². The molecule has 2 heterocycles. The molecule has 1 N–H and O–H groups in total.